The summed E-state index contributed by atoms with van der Waals surface area (Å²) in [6, 6.07) is 1.89. The second-order valence-electron chi connectivity index (χ2n) is 6.71. The van der Waals surface area contributed by atoms with Crippen LogP contribution in [0.2, 0.25) is 0 Å². The topological polar surface area (TPSA) is 124 Å². The predicted octanol–water partition coefficient (Wildman–Crippen LogP) is 4.52. The van der Waals surface area contributed by atoms with Gasteiger partial charge in [0, 0.05) is 12.1 Å². The van der Waals surface area contributed by atoms with Crippen molar-refractivity contribution in [3.8, 4) is 0 Å². The van der Waals surface area contributed by atoms with Crippen molar-refractivity contribution in [2.45, 2.75) is 52.9 Å². The lowest BCUT2D eigenvalue weighted by Crippen LogP contribution is -2.51. The van der Waals surface area contributed by atoms with Crippen LogP contribution in [0, 0.1) is 20.2 Å². The smallest absolute Gasteiger partial charge is 0.337 e. The molecule has 0 fully saturated rings. The van der Waals surface area contributed by atoms with Crippen LogP contribution in [0.15, 0.2) is 12.1 Å². The highest BCUT2D eigenvalue weighted by atomic mass is 16.6. The highest BCUT2D eigenvalue weighted by molar-refractivity contribution is 5.92. The van der Waals surface area contributed by atoms with Gasteiger partial charge in [-0.25, -0.2) is 4.79 Å². The molecule has 9 nitrogen and oxygen atoms in total. The van der Waals surface area contributed by atoms with Crippen LogP contribution in [0.4, 0.5) is 17.1 Å². The Balaban J connectivity index is 3.82. The molecular formula is C18H28N3O6+. The maximum absolute atomic E-state index is 11.7. The van der Waals surface area contributed by atoms with Gasteiger partial charge in [-0.15, -0.1) is 0 Å². The van der Waals surface area contributed by atoms with Gasteiger partial charge in [-0.05, 0) is 25.7 Å². The summed E-state index contributed by atoms with van der Waals surface area (Å²) >= 11 is 0. The van der Waals surface area contributed by atoms with Crippen molar-refractivity contribution in [2.24, 2.45) is 0 Å². The van der Waals surface area contributed by atoms with Gasteiger partial charge in [0.15, 0.2) is 0 Å². The number of hydrogen-bond donors (Lipinski definition) is 1. The van der Waals surface area contributed by atoms with Gasteiger partial charge in [-0.1, -0.05) is 27.2 Å². The van der Waals surface area contributed by atoms with E-state index in [4.69, 9.17) is 0 Å². The van der Waals surface area contributed by atoms with Gasteiger partial charge in [-0.3, -0.25) is 24.7 Å². The van der Waals surface area contributed by atoms with Crippen molar-refractivity contribution < 1.29 is 19.7 Å². The standard InChI is InChI=1S/C18H27N3O6/c1-4-7-8-11-21(9-5-2,10-6-3)17-15(19(24)25)12-14(18(22)23)13-16(17)20(26)27/h12-13H,4-11H2,1-3H3/p+1. The van der Waals surface area contributed by atoms with Gasteiger partial charge in [0.2, 0.25) is 0 Å². The molecule has 0 bridgehead atoms. The molecule has 1 aromatic carbocycles. The number of nitro groups is 2. The Morgan fingerprint density at radius 1 is 0.926 bits per heavy atom. The van der Waals surface area contributed by atoms with Gasteiger partial charge in [0.05, 0.1) is 35.0 Å². The van der Waals surface area contributed by atoms with Crippen LogP contribution in [0.25, 0.3) is 0 Å². The molecule has 1 N–H and O–H groups in total. The lowest BCUT2D eigenvalue weighted by molar-refractivity contribution is -0.394. The number of nitrogens with zero attached hydrogens (tertiary/aromatic N) is 3. The second kappa shape index (κ2) is 9.96. The minimum atomic E-state index is -1.43. The van der Waals surface area contributed by atoms with E-state index in [2.05, 4.69) is 0 Å². The number of unbranched alkanes of at least 4 members (excludes halogenated alkanes) is 2. The van der Waals surface area contributed by atoms with Crippen molar-refractivity contribution in [3.63, 3.8) is 0 Å². The Labute approximate surface area is 158 Å². The lowest BCUT2D eigenvalue weighted by Gasteiger charge is -2.37. The van der Waals surface area contributed by atoms with E-state index in [1.807, 2.05) is 20.8 Å². The molecule has 0 aliphatic heterocycles. The number of carbonyl (C=O) groups is 1. The third-order valence-electron chi connectivity index (χ3n) is 4.68. The summed E-state index contributed by atoms with van der Waals surface area (Å²) in [5, 5.41) is 32.7. The maximum Gasteiger partial charge on any atom is 0.337 e. The maximum atomic E-state index is 11.7. The number of carboxylic acid groups (broad SMARTS) is 1. The molecule has 0 spiro atoms. The Bertz CT molecular complexity index is 663. The summed E-state index contributed by atoms with van der Waals surface area (Å²) in [6.07, 6.45) is 4.05. The van der Waals surface area contributed by atoms with Crippen LogP contribution in [0.5, 0.6) is 0 Å². The third-order valence-corrected chi connectivity index (χ3v) is 4.68. The van der Waals surface area contributed by atoms with Gasteiger partial charge < -0.3 is 5.11 Å². The monoisotopic (exact) mass is 382 g/mol. The summed E-state index contributed by atoms with van der Waals surface area (Å²) in [5.74, 6) is -1.43. The highest BCUT2D eigenvalue weighted by Crippen LogP contribution is 2.43. The predicted molar refractivity (Wildman–Crippen MR) is 103 cm³/mol. The first kappa shape index (κ1) is 22.5. The average Bonchev–Trinajstić information content (AvgIpc) is 2.60. The Morgan fingerprint density at radius 2 is 1.41 bits per heavy atom. The number of hydrogen-bond acceptors (Lipinski definition) is 5. The Morgan fingerprint density at radius 3 is 1.74 bits per heavy atom. The fraction of sp³-hybridized carbons (Fsp3) is 0.611. The van der Waals surface area contributed by atoms with Gasteiger partial charge in [-0.2, -0.15) is 0 Å². The van der Waals surface area contributed by atoms with Crippen molar-refractivity contribution in [1.29, 1.82) is 0 Å². The molecule has 0 aliphatic rings. The van der Waals surface area contributed by atoms with Crippen LogP contribution >= 0.6 is 0 Å². The summed E-state index contributed by atoms with van der Waals surface area (Å²) in [5.41, 5.74) is -1.40. The van der Waals surface area contributed by atoms with Crippen LogP contribution in [-0.4, -0.2) is 40.6 Å². The molecule has 0 unspecified atom stereocenters. The first-order valence-corrected chi connectivity index (χ1v) is 9.30. The molecule has 0 atom stereocenters. The van der Waals surface area contributed by atoms with Crippen LogP contribution in [0.1, 0.15) is 63.2 Å². The van der Waals surface area contributed by atoms with Crippen LogP contribution in [-0.2, 0) is 0 Å². The van der Waals surface area contributed by atoms with E-state index < -0.39 is 32.8 Å². The number of nitro benzene ring substituents is 2. The lowest BCUT2D eigenvalue weighted by atomic mass is 10.0. The third kappa shape index (κ3) is 5.22. The van der Waals surface area contributed by atoms with Crippen molar-refractivity contribution in [2.75, 3.05) is 19.6 Å². The van der Waals surface area contributed by atoms with Crippen molar-refractivity contribution in [1.82, 2.24) is 4.48 Å². The molecule has 0 aliphatic carbocycles. The fourth-order valence-electron chi connectivity index (χ4n) is 3.68. The number of aromatic carboxylic acids is 1. The molecule has 0 saturated heterocycles. The molecule has 0 heterocycles. The minimum absolute atomic E-state index is 0.0230. The molecular weight excluding hydrogens is 354 g/mol. The zero-order valence-corrected chi connectivity index (χ0v) is 16.1. The molecule has 1 aromatic rings. The van der Waals surface area contributed by atoms with Crippen molar-refractivity contribution in [3.05, 3.63) is 37.9 Å². The summed E-state index contributed by atoms with van der Waals surface area (Å²) in [6.45, 7) is 7.50. The largest absolute Gasteiger partial charge is 0.478 e. The molecule has 27 heavy (non-hydrogen) atoms. The van der Waals surface area contributed by atoms with Crippen LogP contribution in [0.3, 0.4) is 0 Å². The Kier molecular flexibility index (Phi) is 8.30. The van der Waals surface area contributed by atoms with Crippen molar-refractivity contribution >= 4 is 23.0 Å². The highest BCUT2D eigenvalue weighted by Gasteiger charge is 2.44. The summed E-state index contributed by atoms with van der Waals surface area (Å²) in [7, 11) is 0. The summed E-state index contributed by atoms with van der Waals surface area (Å²) < 4.78 is 0.125. The van der Waals surface area contributed by atoms with E-state index in [1.165, 1.54) is 0 Å². The second-order valence-corrected chi connectivity index (χ2v) is 6.71. The first-order valence-electron chi connectivity index (χ1n) is 9.30. The number of rotatable bonds is 12. The fourth-order valence-corrected chi connectivity index (χ4v) is 3.68. The van der Waals surface area contributed by atoms with Gasteiger partial charge in [0.1, 0.15) is 0 Å². The first-order chi connectivity index (χ1) is 12.7. The molecule has 0 radical (unpaired) electrons. The van der Waals surface area contributed by atoms with Crippen LogP contribution < -0.4 is 4.48 Å². The van der Waals surface area contributed by atoms with Gasteiger partial charge in [0.25, 0.3) is 5.69 Å². The number of benzene rings is 1. The normalized spacial score (nSPS) is 11.4. The number of quaternary nitrogens is 1. The van der Waals surface area contributed by atoms with E-state index in [0.717, 1.165) is 31.4 Å². The molecule has 0 saturated carbocycles. The number of carboxylic acids is 1. The molecule has 9 heteroatoms. The van der Waals surface area contributed by atoms with Gasteiger partial charge >= 0.3 is 17.3 Å². The zero-order valence-electron chi connectivity index (χ0n) is 16.1. The quantitative estimate of drug-likeness (QED) is 0.245. The zero-order chi connectivity index (χ0) is 20.6. The minimum Gasteiger partial charge on any atom is -0.478 e. The van der Waals surface area contributed by atoms with E-state index in [-0.39, 0.29) is 10.2 Å². The molecule has 0 aromatic heterocycles. The SMILES string of the molecule is CCCCC[N+](CCC)(CCC)c1c([N+](=O)[O-])cc(C(=O)O)cc1[N+](=O)[O-]. The van der Waals surface area contributed by atoms with E-state index in [9.17, 15) is 30.1 Å². The molecule has 150 valence electrons. The summed E-state index contributed by atoms with van der Waals surface area (Å²) in [4.78, 5) is 33.4. The molecule has 0 amide bonds. The van der Waals surface area contributed by atoms with E-state index in [1.54, 1.807) is 0 Å². The van der Waals surface area contributed by atoms with E-state index in [0.29, 0.717) is 32.5 Å². The average molecular weight is 382 g/mol. The van der Waals surface area contributed by atoms with E-state index >= 15 is 0 Å². The molecule has 1 rings (SSSR count). The Hall–Kier alpha value is -2.55.